The number of rotatable bonds is 10. The molecule has 0 aliphatic carbocycles. The fourth-order valence-corrected chi connectivity index (χ4v) is 5.18. The first-order chi connectivity index (χ1) is 18.4. The van der Waals surface area contributed by atoms with E-state index in [1.807, 2.05) is 12.1 Å². The second-order valence-corrected chi connectivity index (χ2v) is 10.0. The average molecular weight is 534 g/mol. The maximum Gasteiger partial charge on any atom is 0.296 e. The van der Waals surface area contributed by atoms with Crippen molar-refractivity contribution in [3.8, 4) is 11.5 Å². The van der Waals surface area contributed by atoms with Gasteiger partial charge in [-0.25, -0.2) is 0 Å². The molecule has 5 rings (SSSR count). The van der Waals surface area contributed by atoms with Gasteiger partial charge < -0.3 is 19.0 Å². The van der Waals surface area contributed by atoms with Crippen molar-refractivity contribution in [1.82, 2.24) is 10.2 Å². The molecule has 0 radical (unpaired) electrons. The van der Waals surface area contributed by atoms with Gasteiger partial charge in [0.05, 0.1) is 25.3 Å². The third kappa shape index (κ3) is 4.63. The molecule has 4 aromatic rings. The monoisotopic (exact) mass is 533 g/mol. The van der Waals surface area contributed by atoms with E-state index >= 15 is 0 Å². The molecule has 1 aliphatic rings. The van der Waals surface area contributed by atoms with Crippen LogP contribution in [0.1, 0.15) is 53.4 Å². The van der Waals surface area contributed by atoms with Gasteiger partial charge in [0, 0.05) is 5.39 Å². The Labute approximate surface area is 223 Å². The van der Waals surface area contributed by atoms with Crippen molar-refractivity contribution in [3.63, 3.8) is 0 Å². The highest BCUT2D eigenvalue weighted by Gasteiger charge is 2.47. The molecule has 1 atom stereocenters. The minimum atomic E-state index is -0.987. The highest BCUT2D eigenvalue weighted by Crippen LogP contribution is 2.45. The summed E-state index contributed by atoms with van der Waals surface area (Å²) in [5.41, 5.74) is 0.952. The molecule has 1 amide bonds. The van der Waals surface area contributed by atoms with Crippen molar-refractivity contribution in [2.75, 3.05) is 18.6 Å². The van der Waals surface area contributed by atoms with E-state index in [9.17, 15) is 14.7 Å². The van der Waals surface area contributed by atoms with Crippen molar-refractivity contribution in [2.24, 2.45) is 0 Å². The Bertz CT molecular complexity index is 1510. The zero-order valence-electron chi connectivity index (χ0n) is 21.3. The number of furan rings is 1. The fraction of sp³-hybridized carbons (Fsp3) is 0.286. The Morgan fingerprint density at radius 3 is 2.66 bits per heavy atom. The van der Waals surface area contributed by atoms with Gasteiger partial charge >= 0.3 is 0 Å². The number of benzene rings is 2. The molecule has 1 N–H and O–H groups in total. The van der Waals surface area contributed by atoms with E-state index in [1.165, 1.54) is 23.3 Å². The van der Waals surface area contributed by atoms with E-state index in [0.29, 0.717) is 34.3 Å². The number of fused-ring (bicyclic) bond motifs is 1. The zero-order chi connectivity index (χ0) is 26.8. The summed E-state index contributed by atoms with van der Waals surface area (Å²) in [5, 5.41) is 20.8. The first-order valence-electron chi connectivity index (χ1n) is 12.3. The summed E-state index contributed by atoms with van der Waals surface area (Å²) in [6.07, 6.45) is 3.04. The molecular weight excluding hydrogens is 506 g/mol. The molecule has 2 aromatic heterocycles. The van der Waals surface area contributed by atoms with Gasteiger partial charge in [-0.1, -0.05) is 55.4 Å². The van der Waals surface area contributed by atoms with Gasteiger partial charge in [-0.15, -0.1) is 10.2 Å². The van der Waals surface area contributed by atoms with Gasteiger partial charge in [0.25, 0.3) is 5.91 Å². The molecule has 0 bridgehead atoms. The summed E-state index contributed by atoms with van der Waals surface area (Å²) < 4.78 is 17.3. The number of para-hydroxylation sites is 1. The van der Waals surface area contributed by atoms with Crippen molar-refractivity contribution in [2.45, 2.75) is 39.2 Å². The zero-order valence-corrected chi connectivity index (χ0v) is 22.1. The Kier molecular flexibility index (Phi) is 7.15. The summed E-state index contributed by atoms with van der Waals surface area (Å²) >= 11 is 1.19. The minimum Gasteiger partial charge on any atom is -0.503 e. The Balaban J connectivity index is 1.58. The number of unbranched alkanes of at least 4 members (excludes halogenated alkanes) is 2. The smallest absolute Gasteiger partial charge is 0.296 e. The molecule has 0 saturated carbocycles. The maximum atomic E-state index is 13.8. The molecule has 9 nitrogen and oxygen atoms in total. The Hall–Kier alpha value is -4.18. The Morgan fingerprint density at radius 2 is 1.95 bits per heavy atom. The van der Waals surface area contributed by atoms with E-state index in [2.05, 4.69) is 17.1 Å². The van der Waals surface area contributed by atoms with Gasteiger partial charge in [0.2, 0.25) is 10.9 Å². The average Bonchev–Trinajstić information content (AvgIpc) is 3.62. The maximum absolute atomic E-state index is 13.8. The SMILES string of the molecule is CCCCCOc1ccc(C2C(C(=O)c3cc4ccccc4o3)=C(O)C(=O)N2c2nnc(C)s2)cc1OC. The Morgan fingerprint density at radius 1 is 1.13 bits per heavy atom. The number of carbonyl (C=O) groups excluding carboxylic acids is 2. The second-order valence-electron chi connectivity index (χ2n) is 8.89. The predicted molar refractivity (Wildman–Crippen MR) is 143 cm³/mol. The van der Waals surface area contributed by atoms with Gasteiger partial charge in [-0.2, -0.15) is 0 Å². The minimum absolute atomic E-state index is 0.0173. The number of ketones is 1. The lowest BCUT2D eigenvalue weighted by Crippen LogP contribution is -2.31. The normalized spacial score (nSPS) is 15.5. The van der Waals surface area contributed by atoms with Crippen LogP contribution in [-0.2, 0) is 4.79 Å². The van der Waals surface area contributed by atoms with Crippen molar-refractivity contribution in [1.29, 1.82) is 0 Å². The molecular formula is C28H27N3O6S. The van der Waals surface area contributed by atoms with Gasteiger partial charge in [0.15, 0.2) is 23.0 Å². The van der Waals surface area contributed by atoms with Gasteiger partial charge in [0.1, 0.15) is 10.6 Å². The van der Waals surface area contributed by atoms with Crippen LogP contribution < -0.4 is 14.4 Å². The number of aromatic nitrogens is 2. The van der Waals surface area contributed by atoms with Crippen LogP contribution >= 0.6 is 11.3 Å². The number of anilines is 1. The number of aliphatic hydroxyl groups is 1. The lowest BCUT2D eigenvalue weighted by Gasteiger charge is -2.24. The van der Waals surface area contributed by atoms with Crippen LogP contribution in [0.3, 0.4) is 0 Å². The first kappa shape index (κ1) is 25.5. The molecule has 10 heteroatoms. The quantitative estimate of drug-likeness (QED) is 0.196. The lowest BCUT2D eigenvalue weighted by atomic mass is 9.95. The molecule has 0 spiro atoms. The van der Waals surface area contributed by atoms with Gasteiger partial charge in [-0.05, 0) is 43.2 Å². The number of carbonyl (C=O) groups is 2. The number of amides is 1. The summed E-state index contributed by atoms with van der Waals surface area (Å²) in [6, 6.07) is 13.0. The van der Waals surface area contributed by atoms with E-state index < -0.39 is 23.5 Å². The molecule has 38 heavy (non-hydrogen) atoms. The number of aliphatic hydroxyl groups excluding tert-OH is 1. The number of hydrogen-bond donors (Lipinski definition) is 1. The highest BCUT2D eigenvalue weighted by molar-refractivity contribution is 7.15. The van der Waals surface area contributed by atoms with Crippen LogP contribution in [-0.4, -0.2) is 40.7 Å². The summed E-state index contributed by atoms with van der Waals surface area (Å²) in [6.45, 7) is 4.42. The molecule has 1 unspecified atom stereocenters. The van der Waals surface area contributed by atoms with Crippen molar-refractivity contribution < 1.29 is 28.6 Å². The number of hydrogen-bond acceptors (Lipinski definition) is 9. The second kappa shape index (κ2) is 10.7. The summed E-state index contributed by atoms with van der Waals surface area (Å²) in [7, 11) is 1.53. The molecule has 1 aliphatic heterocycles. The van der Waals surface area contributed by atoms with E-state index in [1.54, 1.807) is 43.3 Å². The molecule has 0 fully saturated rings. The number of methoxy groups -OCH3 is 1. The van der Waals surface area contributed by atoms with Crippen LogP contribution in [0.15, 0.2) is 64.3 Å². The molecule has 0 saturated heterocycles. The first-order valence-corrected chi connectivity index (χ1v) is 13.1. The molecule has 2 aromatic carbocycles. The van der Waals surface area contributed by atoms with Crippen LogP contribution in [0.25, 0.3) is 11.0 Å². The third-order valence-corrected chi connectivity index (χ3v) is 7.17. The predicted octanol–water partition coefficient (Wildman–Crippen LogP) is 5.95. The largest absolute Gasteiger partial charge is 0.503 e. The van der Waals surface area contributed by atoms with Crippen molar-refractivity contribution >= 4 is 39.1 Å². The van der Waals surface area contributed by atoms with Crippen LogP contribution in [0.2, 0.25) is 0 Å². The van der Waals surface area contributed by atoms with E-state index in [-0.39, 0.29) is 16.5 Å². The number of ether oxygens (including phenoxy) is 2. The number of aryl methyl sites for hydroxylation is 1. The standard InChI is InChI=1S/C28H27N3O6S/c1-4-5-8-13-36-20-12-11-18(15-21(20)35-3)24-23(25(32)22-14-17-9-6-7-10-19(17)37-22)26(33)27(34)31(24)28-30-29-16(2)38-28/h6-7,9-12,14-15,24,33H,4-5,8,13H2,1-3H3. The molecule has 196 valence electrons. The third-order valence-electron chi connectivity index (χ3n) is 6.33. The lowest BCUT2D eigenvalue weighted by molar-refractivity contribution is -0.117. The van der Waals surface area contributed by atoms with E-state index in [0.717, 1.165) is 24.6 Å². The number of nitrogens with zero attached hydrogens (tertiary/aromatic N) is 3. The highest BCUT2D eigenvalue weighted by atomic mass is 32.1. The van der Waals surface area contributed by atoms with Crippen molar-refractivity contribution in [3.05, 3.63) is 76.2 Å². The van der Waals surface area contributed by atoms with Crippen LogP contribution in [0, 0.1) is 6.92 Å². The van der Waals surface area contributed by atoms with Crippen LogP contribution in [0.4, 0.5) is 5.13 Å². The molecule has 3 heterocycles. The number of Topliss-reactive ketones (excluding diaryl/α,β-unsaturated/α-hetero) is 1. The summed E-state index contributed by atoms with van der Waals surface area (Å²) in [5.74, 6) is -0.991. The van der Waals surface area contributed by atoms with Gasteiger partial charge in [-0.3, -0.25) is 14.5 Å². The fourth-order valence-electron chi connectivity index (χ4n) is 4.47. The summed E-state index contributed by atoms with van der Waals surface area (Å²) in [4.78, 5) is 28.4. The van der Waals surface area contributed by atoms with E-state index in [4.69, 9.17) is 13.9 Å². The topological polar surface area (TPSA) is 115 Å². The van der Waals surface area contributed by atoms with Crippen LogP contribution in [0.5, 0.6) is 11.5 Å².